The number of hydrogen-bond acceptors (Lipinski definition) is 4. The van der Waals surface area contributed by atoms with E-state index < -0.39 is 11.5 Å². The molecule has 0 spiro atoms. The molecule has 27 heavy (non-hydrogen) atoms. The van der Waals surface area contributed by atoms with Crippen molar-refractivity contribution in [2.24, 2.45) is 5.92 Å². The van der Waals surface area contributed by atoms with Crippen LogP contribution in [0, 0.1) is 5.92 Å². The zero-order valence-electron chi connectivity index (χ0n) is 16.1. The zero-order valence-corrected chi connectivity index (χ0v) is 16.1. The summed E-state index contributed by atoms with van der Waals surface area (Å²) in [5.74, 6) is -0.248. The minimum Gasteiger partial charge on any atom is -0.480 e. The fraction of sp³-hybridized carbons (Fsp3) is 0.842. The van der Waals surface area contributed by atoms with Crippen LogP contribution in [0.3, 0.4) is 0 Å². The predicted octanol–water partition coefficient (Wildman–Crippen LogP) is 1.06. The van der Waals surface area contributed by atoms with Gasteiger partial charge in [-0.15, -0.1) is 0 Å². The van der Waals surface area contributed by atoms with Crippen LogP contribution in [0.4, 0.5) is 4.79 Å². The molecule has 3 saturated carbocycles. The van der Waals surface area contributed by atoms with E-state index in [1.807, 2.05) is 6.92 Å². The molecule has 3 amide bonds. The van der Waals surface area contributed by atoms with Crippen molar-refractivity contribution in [3.05, 3.63) is 0 Å². The summed E-state index contributed by atoms with van der Waals surface area (Å²) >= 11 is 0. The molecule has 0 heterocycles. The van der Waals surface area contributed by atoms with Crippen molar-refractivity contribution in [3.63, 3.8) is 0 Å². The largest absolute Gasteiger partial charge is 0.480 e. The Bertz CT molecular complexity index is 566. The first-order chi connectivity index (χ1) is 12.9. The lowest BCUT2D eigenvalue weighted by molar-refractivity contribution is -0.140. The van der Waals surface area contributed by atoms with E-state index in [2.05, 4.69) is 20.9 Å². The number of urea groups is 1. The molecule has 8 heteroatoms. The molecule has 3 aliphatic rings. The molecule has 0 aromatic heterocycles. The quantitative estimate of drug-likeness (QED) is 0.478. The number of nitrogens with one attached hydrogen (secondary N) is 3. The number of amides is 3. The van der Waals surface area contributed by atoms with Gasteiger partial charge >= 0.3 is 12.0 Å². The van der Waals surface area contributed by atoms with Crippen LogP contribution in [0.2, 0.25) is 0 Å². The second kappa shape index (κ2) is 8.46. The summed E-state index contributed by atoms with van der Waals surface area (Å²) in [4.78, 5) is 38.0. The summed E-state index contributed by atoms with van der Waals surface area (Å²) in [5, 5.41) is 17.8. The van der Waals surface area contributed by atoms with Crippen LogP contribution in [-0.2, 0) is 9.59 Å². The SMILES string of the molecule is CCNC(=O)NC1(C(=O)NC2CC(N(CC(=O)O)CC3CC3)C2)CCCC1. The van der Waals surface area contributed by atoms with Gasteiger partial charge in [0, 0.05) is 25.2 Å². The average Bonchev–Trinajstić information content (AvgIpc) is 3.25. The van der Waals surface area contributed by atoms with Crippen molar-refractivity contribution in [3.8, 4) is 0 Å². The van der Waals surface area contributed by atoms with Gasteiger partial charge in [-0.25, -0.2) is 4.79 Å². The van der Waals surface area contributed by atoms with Crippen LogP contribution < -0.4 is 16.0 Å². The van der Waals surface area contributed by atoms with Crippen molar-refractivity contribution in [2.75, 3.05) is 19.6 Å². The van der Waals surface area contributed by atoms with Gasteiger partial charge in [-0.3, -0.25) is 14.5 Å². The Kier molecular flexibility index (Phi) is 6.24. The van der Waals surface area contributed by atoms with Crippen molar-refractivity contribution in [2.45, 2.75) is 75.9 Å². The van der Waals surface area contributed by atoms with Crippen LogP contribution >= 0.6 is 0 Å². The second-order valence-electron chi connectivity index (χ2n) is 8.34. The maximum absolute atomic E-state index is 12.9. The average molecular weight is 380 g/mol. The lowest BCUT2D eigenvalue weighted by Crippen LogP contribution is -2.63. The number of carbonyl (C=O) groups is 3. The number of carboxylic acid groups (broad SMARTS) is 1. The van der Waals surface area contributed by atoms with Crippen LogP contribution in [0.5, 0.6) is 0 Å². The first-order valence-corrected chi connectivity index (χ1v) is 10.2. The van der Waals surface area contributed by atoms with E-state index in [0.29, 0.717) is 25.3 Å². The first-order valence-electron chi connectivity index (χ1n) is 10.2. The van der Waals surface area contributed by atoms with E-state index in [4.69, 9.17) is 5.11 Å². The lowest BCUT2D eigenvalue weighted by Gasteiger charge is -2.44. The normalized spacial score (nSPS) is 26.3. The third-order valence-corrected chi connectivity index (χ3v) is 6.07. The van der Waals surface area contributed by atoms with Gasteiger partial charge in [0.25, 0.3) is 0 Å². The third kappa shape index (κ3) is 5.12. The Morgan fingerprint density at radius 1 is 1.15 bits per heavy atom. The highest BCUT2D eigenvalue weighted by Crippen LogP contribution is 2.35. The molecule has 0 atom stereocenters. The highest BCUT2D eigenvalue weighted by molar-refractivity contribution is 5.91. The third-order valence-electron chi connectivity index (χ3n) is 6.07. The Morgan fingerprint density at radius 3 is 2.37 bits per heavy atom. The standard InChI is InChI=1S/C19H32N4O4/c1-2-20-18(27)22-19(7-3-4-8-19)17(26)21-14-9-15(10-14)23(12-16(24)25)11-13-5-6-13/h13-15H,2-12H2,1H3,(H,21,26)(H,24,25)(H2,20,22,27). The number of hydrogen-bond donors (Lipinski definition) is 4. The maximum atomic E-state index is 12.9. The molecule has 0 aromatic rings. The molecule has 3 fully saturated rings. The maximum Gasteiger partial charge on any atom is 0.317 e. The van der Waals surface area contributed by atoms with Crippen LogP contribution in [0.15, 0.2) is 0 Å². The van der Waals surface area contributed by atoms with E-state index in [1.165, 1.54) is 12.8 Å². The fourth-order valence-corrected chi connectivity index (χ4v) is 4.29. The summed E-state index contributed by atoms with van der Waals surface area (Å²) in [6, 6.07) is -0.00695. The lowest BCUT2D eigenvalue weighted by atomic mass is 9.84. The van der Waals surface area contributed by atoms with Crippen molar-refractivity contribution in [1.82, 2.24) is 20.9 Å². The molecular formula is C19H32N4O4. The van der Waals surface area contributed by atoms with E-state index in [-0.39, 0.29) is 30.6 Å². The van der Waals surface area contributed by atoms with Gasteiger partial charge in [0.2, 0.25) is 5.91 Å². The summed E-state index contributed by atoms with van der Waals surface area (Å²) in [6.07, 6.45) is 7.14. The number of aliphatic carboxylic acids is 1. The molecule has 3 rings (SSSR count). The van der Waals surface area contributed by atoms with Gasteiger partial charge < -0.3 is 21.1 Å². The zero-order chi connectivity index (χ0) is 19.4. The van der Waals surface area contributed by atoms with Crippen molar-refractivity contribution < 1.29 is 19.5 Å². The van der Waals surface area contributed by atoms with Crippen molar-refractivity contribution >= 4 is 17.9 Å². The smallest absolute Gasteiger partial charge is 0.317 e. The van der Waals surface area contributed by atoms with Gasteiger partial charge in [-0.1, -0.05) is 12.8 Å². The number of carbonyl (C=O) groups excluding carboxylic acids is 2. The van der Waals surface area contributed by atoms with E-state index in [1.54, 1.807) is 0 Å². The monoisotopic (exact) mass is 380 g/mol. The minimum absolute atomic E-state index is 0.0616. The van der Waals surface area contributed by atoms with Crippen LogP contribution in [0.1, 0.15) is 58.3 Å². The highest BCUT2D eigenvalue weighted by atomic mass is 16.4. The molecule has 4 N–H and O–H groups in total. The molecule has 0 radical (unpaired) electrons. The molecule has 0 aliphatic heterocycles. The van der Waals surface area contributed by atoms with E-state index in [9.17, 15) is 14.4 Å². The topological polar surface area (TPSA) is 111 Å². The molecule has 152 valence electrons. The van der Waals surface area contributed by atoms with E-state index >= 15 is 0 Å². The van der Waals surface area contributed by atoms with Gasteiger partial charge in [-0.05, 0) is 51.4 Å². The minimum atomic E-state index is -0.806. The van der Waals surface area contributed by atoms with Crippen LogP contribution in [0.25, 0.3) is 0 Å². The summed E-state index contributed by atoms with van der Waals surface area (Å²) in [5.41, 5.74) is -0.806. The molecule has 3 aliphatic carbocycles. The Balaban J connectivity index is 1.50. The Labute approximate surface area is 160 Å². The predicted molar refractivity (Wildman–Crippen MR) is 100 cm³/mol. The molecule has 0 aromatic carbocycles. The number of carboxylic acids is 1. The summed E-state index contributed by atoms with van der Waals surface area (Å²) < 4.78 is 0. The summed E-state index contributed by atoms with van der Waals surface area (Å²) in [6.45, 7) is 3.29. The van der Waals surface area contributed by atoms with Gasteiger partial charge in [-0.2, -0.15) is 0 Å². The van der Waals surface area contributed by atoms with Crippen molar-refractivity contribution in [1.29, 1.82) is 0 Å². The fourth-order valence-electron chi connectivity index (χ4n) is 4.29. The molecule has 0 unspecified atom stereocenters. The van der Waals surface area contributed by atoms with Gasteiger partial charge in [0.1, 0.15) is 5.54 Å². The molecule has 0 bridgehead atoms. The first kappa shape index (κ1) is 19.9. The Morgan fingerprint density at radius 2 is 1.81 bits per heavy atom. The summed E-state index contributed by atoms with van der Waals surface area (Å²) in [7, 11) is 0. The number of rotatable bonds is 9. The van der Waals surface area contributed by atoms with Gasteiger partial charge in [0.15, 0.2) is 0 Å². The van der Waals surface area contributed by atoms with Crippen LogP contribution in [-0.4, -0.2) is 65.2 Å². The molecule has 8 nitrogen and oxygen atoms in total. The Hall–Kier alpha value is -1.83. The highest BCUT2D eigenvalue weighted by Gasteiger charge is 2.45. The number of nitrogens with zero attached hydrogens (tertiary/aromatic N) is 1. The van der Waals surface area contributed by atoms with E-state index in [0.717, 1.165) is 32.2 Å². The second-order valence-corrected chi connectivity index (χ2v) is 8.34. The molecule has 0 saturated heterocycles. The van der Waals surface area contributed by atoms with Gasteiger partial charge in [0.05, 0.1) is 6.54 Å². The molecular weight excluding hydrogens is 348 g/mol.